The molecule has 354 valence electrons. The average molecular weight is 945 g/mol. The van der Waals surface area contributed by atoms with Crippen LogP contribution in [0.1, 0.15) is 58.7 Å². The molecule has 0 spiro atoms. The summed E-state index contributed by atoms with van der Waals surface area (Å²) in [6.07, 6.45) is 15.2. The van der Waals surface area contributed by atoms with Gasteiger partial charge in [0.15, 0.2) is 0 Å². The SMILES string of the molecule is C=Cc1ccc(-c2ccc(C3=CCCC(C4(c5ccc(N(c6ccc(OC)cc6)c6cccc7ccccc67)cc5)c5ccccc5-c5ccccc54)=C3)cc2)nc1-c1ncccc1C.CCc1cccnc1. The van der Waals surface area contributed by atoms with Crippen LogP contribution in [0, 0.1) is 6.92 Å². The second-order valence-electron chi connectivity index (χ2n) is 18.6. The Morgan fingerprint density at radius 3 is 1.99 bits per heavy atom. The number of aryl methyl sites for hydroxylation is 2. The number of rotatable bonds is 11. The molecule has 3 heterocycles. The molecule has 3 aromatic heterocycles. The van der Waals surface area contributed by atoms with Gasteiger partial charge in [0.1, 0.15) is 5.75 Å². The predicted molar refractivity (Wildman–Crippen MR) is 304 cm³/mol. The Kier molecular flexibility index (Phi) is 13.0. The molecule has 0 atom stereocenters. The average Bonchev–Trinajstić information content (AvgIpc) is 3.77. The molecule has 7 aromatic carbocycles. The first-order chi connectivity index (χ1) is 36.0. The van der Waals surface area contributed by atoms with Gasteiger partial charge in [-0.1, -0.05) is 171 Å². The van der Waals surface area contributed by atoms with Gasteiger partial charge in [-0.3, -0.25) is 9.97 Å². The van der Waals surface area contributed by atoms with Crippen molar-refractivity contribution >= 4 is 39.5 Å². The molecular weight excluding hydrogens is 889 g/mol. The fourth-order valence-electron chi connectivity index (χ4n) is 10.9. The van der Waals surface area contributed by atoms with Gasteiger partial charge in [0.2, 0.25) is 0 Å². The van der Waals surface area contributed by atoms with Crippen molar-refractivity contribution in [1.82, 2.24) is 15.0 Å². The molecule has 5 heteroatoms. The summed E-state index contributed by atoms with van der Waals surface area (Å²) in [5, 5.41) is 2.39. The molecule has 2 aliphatic rings. The van der Waals surface area contributed by atoms with Crippen LogP contribution in [0.5, 0.6) is 5.75 Å². The third kappa shape index (κ3) is 8.74. The molecule has 10 aromatic rings. The summed E-state index contributed by atoms with van der Waals surface area (Å²) in [6.45, 7) is 8.26. The lowest BCUT2D eigenvalue weighted by molar-refractivity contribution is 0.415. The van der Waals surface area contributed by atoms with Gasteiger partial charge in [-0.2, -0.15) is 0 Å². The van der Waals surface area contributed by atoms with Gasteiger partial charge < -0.3 is 9.64 Å². The summed E-state index contributed by atoms with van der Waals surface area (Å²) < 4.78 is 5.58. The van der Waals surface area contributed by atoms with E-state index in [-0.39, 0.29) is 0 Å². The maximum Gasteiger partial charge on any atom is 0.119 e. The number of pyridine rings is 3. The van der Waals surface area contributed by atoms with Crippen LogP contribution in [0.2, 0.25) is 0 Å². The molecule has 0 saturated carbocycles. The van der Waals surface area contributed by atoms with Gasteiger partial charge >= 0.3 is 0 Å². The minimum Gasteiger partial charge on any atom is -0.497 e. The zero-order chi connectivity index (χ0) is 49.7. The maximum atomic E-state index is 5.58. The van der Waals surface area contributed by atoms with Gasteiger partial charge in [-0.25, -0.2) is 4.98 Å². The minimum absolute atomic E-state index is 0.494. The van der Waals surface area contributed by atoms with Gasteiger partial charge in [-0.15, -0.1) is 0 Å². The van der Waals surface area contributed by atoms with E-state index in [0.29, 0.717) is 0 Å². The number of methoxy groups -OCH3 is 1. The second-order valence-corrected chi connectivity index (χ2v) is 18.6. The van der Waals surface area contributed by atoms with Crippen molar-refractivity contribution in [2.75, 3.05) is 12.0 Å². The first-order valence-electron chi connectivity index (χ1n) is 25.2. The molecule has 0 unspecified atom stereocenters. The van der Waals surface area contributed by atoms with E-state index in [2.05, 4.69) is 223 Å². The molecule has 0 N–H and O–H groups in total. The summed E-state index contributed by atoms with van der Waals surface area (Å²) in [5.74, 6) is 0.827. The molecule has 0 saturated heterocycles. The van der Waals surface area contributed by atoms with Crippen LogP contribution in [0.25, 0.3) is 56.2 Å². The zero-order valence-electron chi connectivity index (χ0n) is 41.5. The van der Waals surface area contributed by atoms with Crippen molar-refractivity contribution in [3.63, 3.8) is 0 Å². The fourth-order valence-corrected chi connectivity index (χ4v) is 10.9. The number of fused-ring (bicyclic) bond motifs is 4. The smallest absolute Gasteiger partial charge is 0.119 e. The normalized spacial score (nSPS) is 13.1. The van der Waals surface area contributed by atoms with E-state index in [0.717, 1.165) is 75.8 Å². The highest BCUT2D eigenvalue weighted by molar-refractivity contribution is 5.99. The third-order valence-electron chi connectivity index (χ3n) is 14.5. The number of benzene rings is 7. The molecule has 0 aliphatic heterocycles. The molecule has 5 nitrogen and oxygen atoms in total. The van der Waals surface area contributed by atoms with Crippen molar-refractivity contribution < 1.29 is 4.74 Å². The van der Waals surface area contributed by atoms with Gasteiger partial charge in [0.05, 0.1) is 35.3 Å². The summed E-state index contributed by atoms with van der Waals surface area (Å²) in [4.78, 5) is 16.1. The van der Waals surface area contributed by atoms with Crippen molar-refractivity contribution in [1.29, 1.82) is 0 Å². The highest BCUT2D eigenvalue weighted by Gasteiger charge is 2.47. The molecule has 0 bridgehead atoms. The van der Waals surface area contributed by atoms with Crippen LogP contribution in [-0.4, -0.2) is 22.1 Å². The number of nitrogens with zero attached hydrogens (tertiary/aromatic N) is 4. The molecule has 73 heavy (non-hydrogen) atoms. The van der Waals surface area contributed by atoms with Crippen LogP contribution >= 0.6 is 0 Å². The number of allylic oxidation sites excluding steroid dienone is 4. The molecule has 0 fully saturated rings. The van der Waals surface area contributed by atoms with Crippen LogP contribution in [0.15, 0.2) is 243 Å². The zero-order valence-corrected chi connectivity index (χ0v) is 41.5. The summed E-state index contributed by atoms with van der Waals surface area (Å²) in [6, 6.07) is 72.0. The Morgan fingerprint density at radius 2 is 1.32 bits per heavy atom. The van der Waals surface area contributed by atoms with Gasteiger partial charge in [0, 0.05) is 46.5 Å². The van der Waals surface area contributed by atoms with Crippen LogP contribution in [0.3, 0.4) is 0 Å². The molecule has 0 amide bonds. The topological polar surface area (TPSA) is 51.1 Å². The Labute approximate surface area is 429 Å². The standard InChI is InChI=1S/C61H47N3O.C7H9N/c1-4-42-29-38-57(63-60(42)59-41(2)14-13-39-62-59)45-27-25-43(26-28-45)46-17-11-18-48(40-46)61(55-22-9-7-20-53(55)54-21-8-10-23-56(54)61)47-30-32-49(33-31-47)64(50-34-36-51(65-3)37-35-50)58-24-12-16-44-15-5-6-19-52(44)58;1-2-7-4-3-5-8-6-7/h4-10,12-17,19-40H,1,11,18H2,2-3H3;3-6H,2H2,1H3. The Hall–Kier alpha value is -8.93. The molecule has 2 aliphatic carbocycles. The van der Waals surface area contributed by atoms with E-state index in [9.17, 15) is 0 Å². The molecule has 12 rings (SSSR count). The number of hydrogen-bond donors (Lipinski definition) is 0. The number of hydrogen-bond acceptors (Lipinski definition) is 5. The van der Waals surface area contributed by atoms with E-state index in [1.165, 1.54) is 60.9 Å². The Balaban J connectivity index is 0.000000657. The van der Waals surface area contributed by atoms with Crippen molar-refractivity contribution in [3.05, 3.63) is 282 Å². The maximum absolute atomic E-state index is 5.58. The van der Waals surface area contributed by atoms with Crippen molar-refractivity contribution in [2.24, 2.45) is 0 Å². The Morgan fingerprint density at radius 1 is 0.644 bits per heavy atom. The van der Waals surface area contributed by atoms with E-state index in [4.69, 9.17) is 9.72 Å². The summed E-state index contributed by atoms with van der Waals surface area (Å²) in [5.41, 5.74) is 20.1. The Bertz CT molecular complexity index is 3620. The number of aromatic nitrogens is 3. The third-order valence-corrected chi connectivity index (χ3v) is 14.5. The van der Waals surface area contributed by atoms with E-state index in [1.54, 1.807) is 13.3 Å². The summed E-state index contributed by atoms with van der Waals surface area (Å²) in [7, 11) is 1.71. The van der Waals surface area contributed by atoms with Gasteiger partial charge in [-0.05, 0) is 148 Å². The van der Waals surface area contributed by atoms with E-state index >= 15 is 0 Å². The monoisotopic (exact) mass is 944 g/mol. The van der Waals surface area contributed by atoms with Crippen molar-refractivity contribution in [2.45, 2.75) is 38.5 Å². The van der Waals surface area contributed by atoms with Crippen molar-refractivity contribution in [3.8, 4) is 39.5 Å². The van der Waals surface area contributed by atoms with Crippen LogP contribution in [0.4, 0.5) is 17.1 Å². The lowest BCUT2D eigenvalue weighted by Crippen LogP contribution is -2.30. The minimum atomic E-state index is -0.494. The second kappa shape index (κ2) is 20.4. The first kappa shape index (κ1) is 46.5. The van der Waals surface area contributed by atoms with Crippen LogP contribution < -0.4 is 9.64 Å². The highest BCUT2D eigenvalue weighted by Crippen LogP contribution is 2.58. The van der Waals surface area contributed by atoms with Crippen LogP contribution in [-0.2, 0) is 11.8 Å². The largest absolute Gasteiger partial charge is 0.497 e. The lowest BCUT2D eigenvalue weighted by atomic mass is 9.64. The quantitative estimate of drug-likeness (QED) is 0.129. The van der Waals surface area contributed by atoms with E-state index < -0.39 is 5.41 Å². The predicted octanol–water partition coefficient (Wildman–Crippen LogP) is 17.2. The van der Waals surface area contributed by atoms with Gasteiger partial charge in [0.25, 0.3) is 0 Å². The first-order valence-corrected chi connectivity index (χ1v) is 25.2. The lowest BCUT2D eigenvalue weighted by Gasteiger charge is -2.38. The van der Waals surface area contributed by atoms with E-state index in [1.807, 2.05) is 42.7 Å². The molecule has 0 radical (unpaired) electrons. The highest BCUT2D eigenvalue weighted by atomic mass is 16.5. The number of anilines is 3. The summed E-state index contributed by atoms with van der Waals surface area (Å²) >= 11 is 0. The fraction of sp³-hybridized carbons (Fsp3) is 0.103. The number of ether oxygens (including phenoxy) is 1. The molecular formula is C68H56N4O.